The van der Waals surface area contributed by atoms with Crippen LogP contribution in [0, 0.1) is 17.7 Å². The van der Waals surface area contributed by atoms with Crippen LogP contribution in [0.1, 0.15) is 63.5 Å². The van der Waals surface area contributed by atoms with E-state index in [2.05, 4.69) is 10.3 Å². The van der Waals surface area contributed by atoms with E-state index in [0.29, 0.717) is 18.0 Å². The van der Waals surface area contributed by atoms with Crippen molar-refractivity contribution < 1.29 is 18.7 Å². The lowest BCUT2D eigenvalue weighted by molar-refractivity contribution is -0.147. The molecule has 188 valence electrons. The van der Waals surface area contributed by atoms with Gasteiger partial charge in [-0.05, 0) is 81.5 Å². The second-order valence-corrected chi connectivity index (χ2v) is 9.89. The number of likely N-dealkylation sites (tertiary alicyclic amines) is 1. The maximum Gasteiger partial charge on any atom is 0.238 e. The number of rotatable bonds is 8. The lowest BCUT2D eigenvalue weighted by Gasteiger charge is -2.43. The van der Waals surface area contributed by atoms with Crippen LogP contribution in [0.4, 0.5) is 4.39 Å². The Kier molecular flexibility index (Phi) is 7.69. The molecule has 2 amide bonds. The predicted octanol–water partition coefficient (Wildman–Crippen LogP) is 4.34. The maximum absolute atomic E-state index is 14.1. The summed E-state index contributed by atoms with van der Waals surface area (Å²) in [6.45, 7) is 2.38. The summed E-state index contributed by atoms with van der Waals surface area (Å²) in [5, 5.41) is 3.09. The van der Waals surface area contributed by atoms with Crippen LogP contribution >= 0.6 is 0 Å². The number of ether oxygens (including phenoxy) is 1. The molecule has 1 aliphatic heterocycles. The minimum absolute atomic E-state index is 0.0279. The summed E-state index contributed by atoms with van der Waals surface area (Å²) >= 11 is 0. The van der Waals surface area contributed by atoms with Gasteiger partial charge in [0, 0.05) is 12.7 Å². The van der Waals surface area contributed by atoms with Crippen LogP contribution in [0.25, 0.3) is 0 Å². The highest BCUT2D eigenvalue weighted by molar-refractivity contribution is 5.93. The molecule has 3 atom stereocenters. The van der Waals surface area contributed by atoms with Gasteiger partial charge in [0.05, 0.1) is 18.2 Å². The molecule has 1 aliphatic carbocycles. The van der Waals surface area contributed by atoms with Crippen LogP contribution in [0.15, 0.2) is 42.7 Å². The number of pyridine rings is 1. The van der Waals surface area contributed by atoms with Crippen molar-refractivity contribution in [3.05, 3.63) is 54.1 Å². The molecule has 3 N–H and O–H groups in total. The molecule has 7 nitrogen and oxygen atoms in total. The van der Waals surface area contributed by atoms with E-state index < -0.39 is 17.4 Å². The lowest BCUT2D eigenvalue weighted by atomic mass is 9.69. The standard InChI is InChI=1S/C27H35FN4O3/c1-27(30-2,26(29)34)24(18-7-4-3-5-8-18)25(33)32-14-6-9-23(32)19-15-22(17-31-16-19)35-21-12-10-20(28)11-13-21/h10-13,15-18,23-24,30H,3-9,14H2,1-2H3,(H2,29,34)/t23-,24+,27?/m0/s1. The van der Waals surface area contributed by atoms with Crippen LogP contribution in [0.2, 0.25) is 0 Å². The summed E-state index contributed by atoms with van der Waals surface area (Å²) < 4.78 is 19.1. The average Bonchev–Trinajstić information content (AvgIpc) is 3.36. The molecular formula is C27H35FN4O3. The first-order chi connectivity index (χ1) is 16.8. The topological polar surface area (TPSA) is 97.5 Å². The normalized spacial score (nSPS) is 21.3. The molecule has 2 aliphatic rings. The van der Waals surface area contributed by atoms with Gasteiger partial charge in [0.1, 0.15) is 22.9 Å². The Morgan fingerprint density at radius 3 is 2.49 bits per heavy atom. The fourth-order valence-electron chi connectivity index (χ4n) is 5.69. The van der Waals surface area contributed by atoms with Gasteiger partial charge in [0.25, 0.3) is 0 Å². The molecular weight excluding hydrogens is 447 g/mol. The maximum atomic E-state index is 14.1. The monoisotopic (exact) mass is 482 g/mol. The molecule has 35 heavy (non-hydrogen) atoms. The largest absolute Gasteiger partial charge is 0.456 e. The first kappa shape index (κ1) is 25.1. The quantitative estimate of drug-likeness (QED) is 0.584. The molecule has 1 unspecified atom stereocenters. The van der Waals surface area contributed by atoms with E-state index in [0.717, 1.165) is 50.5 Å². The zero-order valence-corrected chi connectivity index (χ0v) is 20.5. The first-order valence-corrected chi connectivity index (χ1v) is 12.5. The average molecular weight is 483 g/mol. The van der Waals surface area contributed by atoms with Crippen molar-refractivity contribution in [3.8, 4) is 11.5 Å². The number of benzene rings is 1. The highest BCUT2D eigenvalue weighted by atomic mass is 19.1. The van der Waals surface area contributed by atoms with Gasteiger partial charge in [0.2, 0.25) is 11.8 Å². The van der Waals surface area contributed by atoms with E-state index >= 15 is 0 Å². The van der Waals surface area contributed by atoms with Gasteiger partial charge in [0.15, 0.2) is 0 Å². The molecule has 4 rings (SSSR count). The number of hydrogen-bond acceptors (Lipinski definition) is 5. The first-order valence-electron chi connectivity index (χ1n) is 12.5. The van der Waals surface area contributed by atoms with E-state index in [-0.39, 0.29) is 23.7 Å². The zero-order chi connectivity index (χ0) is 25.0. The van der Waals surface area contributed by atoms with E-state index in [1.165, 1.54) is 12.1 Å². The third-order valence-corrected chi connectivity index (χ3v) is 7.74. The predicted molar refractivity (Wildman–Crippen MR) is 131 cm³/mol. The molecule has 2 fully saturated rings. The summed E-state index contributed by atoms with van der Waals surface area (Å²) in [4.78, 5) is 33.0. The molecule has 8 heteroatoms. The van der Waals surface area contributed by atoms with Gasteiger partial charge in [-0.15, -0.1) is 0 Å². The summed E-state index contributed by atoms with van der Waals surface area (Å²) in [6.07, 6.45) is 10.1. The fourth-order valence-corrected chi connectivity index (χ4v) is 5.69. The molecule has 0 spiro atoms. The smallest absolute Gasteiger partial charge is 0.238 e. The van der Waals surface area contributed by atoms with Gasteiger partial charge >= 0.3 is 0 Å². The summed E-state index contributed by atoms with van der Waals surface area (Å²) in [5.41, 5.74) is 5.60. The Labute approximate surface area is 206 Å². The Morgan fingerprint density at radius 1 is 1.11 bits per heavy atom. The van der Waals surface area contributed by atoms with Gasteiger partial charge < -0.3 is 20.7 Å². The molecule has 1 saturated heterocycles. The van der Waals surface area contributed by atoms with Crippen LogP contribution in [0.3, 0.4) is 0 Å². The van der Waals surface area contributed by atoms with Crippen molar-refractivity contribution in [3.63, 3.8) is 0 Å². The number of carbonyl (C=O) groups excluding carboxylic acids is 2. The number of hydrogen-bond donors (Lipinski definition) is 2. The minimum atomic E-state index is -1.13. The Bertz CT molecular complexity index is 1040. The summed E-state index contributed by atoms with van der Waals surface area (Å²) in [5.74, 6) is -0.258. The number of amides is 2. The van der Waals surface area contributed by atoms with Crippen molar-refractivity contribution in [1.82, 2.24) is 15.2 Å². The highest BCUT2D eigenvalue weighted by Crippen LogP contribution is 2.41. The number of nitrogens with one attached hydrogen (secondary N) is 1. The van der Waals surface area contributed by atoms with Crippen molar-refractivity contribution in [2.75, 3.05) is 13.6 Å². The zero-order valence-electron chi connectivity index (χ0n) is 20.5. The molecule has 1 aromatic heterocycles. The second kappa shape index (κ2) is 10.7. The van der Waals surface area contributed by atoms with E-state index in [9.17, 15) is 14.0 Å². The van der Waals surface area contributed by atoms with E-state index in [4.69, 9.17) is 10.5 Å². The van der Waals surface area contributed by atoms with E-state index in [1.807, 2.05) is 11.0 Å². The van der Waals surface area contributed by atoms with Crippen LogP contribution in [0.5, 0.6) is 11.5 Å². The third-order valence-electron chi connectivity index (χ3n) is 7.74. The molecule has 1 saturated carbocycles. The van der Waals surface area contributed by atoms with E-state index in [1.54, 1.807) is 38.5 Å². The third kappa shape index (κ3) is 5.32. The van der Waals surface area contributed by atoms with Crippen LogP contribution < -0.4 is 15.8 Å². The van der Waals surface area contributed by atoms with Crippen molar-refractivity contribution in [2.45, 2.75) is 63.5 Å². The highest BCUT2D eigenvalue weighted by Gasteiger charge is 2.50. The second-order valence-electron chi connectivity index (χ2n) is 9.89. The molecule has 2 heterocycles. The number of carbonyl (C=O) groups is 2. The lowest BCUT2D eigenvalue weighted by Crippen LogP contribution is -2.63. The summed E-state index contributed by atoms with van der Waals surface area (Å²) in [7, 11) is 1.70. The van der Waals surface area contributed by atoms with Gasteiger partial charge in [-0.1, -0.05) is 19.3 Å². The van der Waals surface area contributed by atoms with Crippen molar-refractivity contribution in [2.24, 2.45) is 17.6 Å². The Balaban J connectivity index is 1.60. The SMILES string of the molecule is CNC(C)(C(N)=O)[C@@H](C(=O)N1CCC[C@H]1c1cncc(Oc2ccc(F)cc2)c1)C1CCCCC1. The number of primary amides is 1. The molecule has 1 aromatic carbocycles. The molecule has 0 bridgehead atoms. The molecule has 0 radical (unpaired) electrons. The fraction of sp³-hybridized carbons (Fsp3) is 0.519. The minimum Gasteiger partial charge on any atom is -0.456 e. The van der Waals surface area contributed by atoms with Gasteiger partial charge in [-0.25, -0.2) is 4.39 Å². The number of halogens is 1. The van der Waals surface area contributed by atoms with Crippen LogP contribution in [-0.4, -0.2) is 40.8 Å². The molecule has 2 aromatic rings. The number of aromatic nitrogens is 1. The van der Waals surface area contributed by atoms with Crippen LogP contribution in [-0.2, 0) is 9.59 Å². The Hall–Kier alpha value is -3.00. The van der Waals surface area contributed by atoms with Gasteiger partial charge in [-0.3, -0.25) is 14.6 Å². The van der Waals surface area contributed by atoms with Crippen molar-refractivity contribution >= 4 is 11.8 Å². The van der Waals surface area contributed by atoms with Crippen molar-refractivity contribution in [1.29, 1.82) is 0 Å². The number of likely N-dealkylation sites (N-methyl/N-ethyl adjacent to an activating group) is 1. The number of nitrogens with zero attached hydrogens (tertiary/aromatic N) is 2. The van der Waals surface area contributed by atoms with Gasteiger partial charge in [-0.2, -0.15) is 0 Å². The Morgan fingerprint density at radius 2 is 1.83 bits per heavy atom. The number of nitrogens with two attached hydrogens (primary N) is 1. The summed E-state index contributed by atoms with van der Waals surface area (Å²) in [6, 6.07) is 7.52.